The van der Waals surface area contributed by atoms with E-state index in [1.165, 1.54) is 22.6 Å². The van der Waals surface area contributed by atoms with E-state index in [0.717, 1.165) is 16.1 Å². The normalized spacial score (nSPS) is 13.3. The molecular formula is C18H21N3O4S2. The first-order valence-corrected chi connectivity index (χ1v) is 11.0. The Hall–Kier alpha value is -2.39. The van der Waals surface area contributed by atoms with Crippen molar-refractivity contribution in [1.29, 1.82) is 0 Å². The zero-order valence-corrected chi connectivity index (χ0v) is 16.5. The molecule has 1 aliphatic heterocycles. The fraction of sp³-hybridized carbons (Fsp3) is 0.333. The summed E-state index contributed by atoms with van der Waals surface area (Å²) in [7, 11) is -3.49. The van der Waals surface area contributed by atoms with Crippen LogP contribution in [0.2, 0.25) is 0 Å². The van der Waals surface area contributed by atoms with Gasteiger partial charge in [0.15, 0.2) is 0 Å². The van der Waals surface area contributed by atoms with Crippen molar-refractivity contribution in [1.82, 2.24) is 10.6 Å². The van der Waals surface area contributed by atoms with Gasteiger partial charge in [-0.1, -0.05) is 18.2 Å². The molecule has 144 valence electrons. The molecule has 1 aliphatic rings. The number of hydrogen-bond donors (Lipinski definition) is 2. The van der Waals surface area contributed by atoms with E-state index in [0.29, 0.717) is 24.4 Å². The van der Waals surface area contributed by atoms with Crippen LogP contribution in [-0.2, 0) is 27.8 Å². The van der Waals surface area contributed by atoms with Gasteiger partial charge in [0.2, 0.25) is 15.9 Å². The van der Waals surface area contributed by atoms with Gasteiger partial charge in [0.25, 0.3) is 5.91 Å². The molecule has 3 rings (SSSR count). The van der Waals surface area contributed by atoms with Crippen molar-refractivity contribution in [2.75, 3.05) is 23.1 Å². The molecule has 0 spiro atoms. The van der Waals surface area contributed by atoms with E-state index in [2.05, 4.69) is 10.6 Å². The highest BCUT2D eigenvalue weighted by atomic mass is 32.2. The summed E-state index contributed by atoms with van der Waals surface area (Å²) in [5.41, 5.74) is 1.75. The molecule has 0 saturated carbocycles. The van der Waals surface area contributed by atoms with Gasteiger partial charge in [-0.15, -0.1) is 11.3 Å². The molecule has 27 heavy (non-hydrogen) atoms. The molecule has 0 aliphatic carbocycles. The molecule has 2 aromatic rings. The van der Waals surface area contributed by atoms with Crippen molar-refractivity contribution in [3.63, 3.8) is 0 Å². The fourth-order valence-electron chi connectivity index (χ4n) is 2.89. The maximum atomic E-state index is 12.6. The maximum Gasteiger partial charge on any atom is 0.261 e. The number of nitrogens with zero attached hydrogens (tertiary/aromatic N) is 1. The Balaban J connectivity index is 1.53. The SMILES string of the molecule is CC(=O)NCc1ccc(C(=O)NCCS(=O)(=O)N2CCc3ccccc32)s1. The first-order chi connectivity index (χ1) is 12.9. The third kappa shape index (κ3) is 4.67. The Morgan fingerprint density at radius 1 is 1.15 bits per heavy atom. The average molecular weight is 408 g/mol. The van der Waals surface area contributed by atoms with Crippen molar-refractivity contribution < 1.29 is 18.0 Å². The number of thiophene rings is 1. The summed E-state index contributed by atoms with van der Waals surface area (Å²) in [5.74, 6) is -0.605. The van der Waals surface area contributed by atoms with Crippen LogP contribution in [0.4, 0.5) is 5.69 Å². The minimum Gasteiger partial charge on any atom is -0.351 e. The lowest BCUT2D eigenvalue weighted by Gasteiger charge is -2.19. The van der Waals surface area contributed by atoms with Crippen LogP contribution in [0, 0.1) is 0 Å². The minimum atomic E-state index is -3.49. The Labute approximate surface area is 162 Å². The average Bonchev–Trinajstić information content (AvgIpc) is 3.27. The van der Waals surface area contributed by atoms with Crippen LogP contribution in [0.1, 0.15) is 27.0 Å². The van der Waals surface area contributed by atoms with E-state index in [9.17, 15) is 18.0 Å². The number of carbonyl (C=O) groups is 2. The molecule has 7 nitrogen and oxygen atoms in total. The number of para-hydroxylation sites is 1. The van der Waals surface area contributed by atoms with E-state index in [-0.39, 0.29) is 24.1 Å². The van der Waals surface area contributed by atoms with Gasteiger partial charge in [-0.3, -0.25) is 13.9 Å². The van der Waals surface area contributed by atoms with Gasteiger partial charge in [0.1, 0.15) is 0 Å². The molecule has 2 heterocycles. The quantitative estimate of drug-likeness (QED) is 0.727. The first kappa shape index (κ1) is 19.4. The Morgan fingerprint density at radius 2 is 1.93 bits per heavy atom. The monoisotopic (exact) mass is 407 g/mol. The molecule has 0 atom stereocenters. The number of sulfonamides is 1. The highest BCUT2D eigenvalue weighted by Gasteiger charge is 2.28. The third-order valence-corrected chi connectivity index (χ3v) is 7.08. The van der Waals surface area contributed by atoms with Crippen molar-refractivity contribution in [3.05, 3.63) is 51.7 Å². The summed E-state index contributed by atoms with van der Waals surface area (Å²) in [6.45, 7) is 2.28. The van der Waals surface area contributed by atoms with Crippen LogP contribution in [0.15, 0.2) is 36.4 Å². The van der Waals surface area contributed by atoms with Crippen LogP contribution < -0.4 is 14.9 Å². The lowest BCUT2D eigenvalue weighted by molar-refractivity contribution is -0.119. The molecular weight excluding hydrogens is 386 g/mol. The molecule has 0 bridgehead atoms. The second-order valence-corrected chi connectivity index (χ2v) is 9.38. The van der Waals surface area contributed by atoms with Crippen molar-refractivity contribution in [2.45, 2.75) is 19.9 Å². The van der Waals surface area contributed by atoms with Gasteiger partial charge in [-0.05, 0) is 30.2 Å². The van der Waals surface area contributed by atoms with Gasteiger partial charge in [-0.2, -0.15) is 0 Å². The molecule has 1 aromatic carbocycles. The molecule has 0 saturated heterocycles. The zero-order valence-electron chi connectivity index (χ0n) is 14.9. The van der Waals surface area contributed by atoms with E-state index < -0.39 is 10.0 Å². The summed E-state index contributed by atoms with van der Waals surface area (Å²) < 4.78 is 26.6. The highest BCUT2D eigenvalue weighted by Crippen LogP contribution is 2.29. The van der Waals surface area contributed by atoms with E-state index in [1.807, 2.05) is 18.2 Å². The van der Waals surface area contributed by atoms with E-state index >= 15 is 0 Å². The largest absolute Gasteiger partial charge is 0.351 e. The molecule has 2 N–H and O–H groups in total. The number of anilines is 1. The molecule has 9 heteroatoms. The van der Waals surface area contributed by atoms with Gasteiger partial charge >= 0.3 is 0 Å². The summed E-state index contributed by atoms with van der Waals surface area (Å²) in [4.78, 5) is 24.5. The maximum absolute atomic E-state index is 12.6. The van der Waals surface area contributed by atoms with E-state index in [4.69, 9.17) is 0 Å². The number of fused-ring (bicyclic) bond motifs is 1. The predicted octanol–water partition coefficient (Wildman–Crippen LogP) is 1.51. The van der Waals surface area contributed by atoms with Crippen molar-refractivity contribution in [2.24, 2.45) is 0 Å². The van der Waals surface area contributed by atoms with Crippen LogP contribution in [0.25, 0.3) is 0 Å². The second-order valence-electron chi connectivity index (χ2n) is 6.20. The molecule has 0 radical (unpaired) electrons. The number of nitrogens with one attached hydrogen (secondary N) is 2. The smallest absolute Gasteiger partial charge is 0.261 e. The molecule has 2 amide bonds. The predicted molar refractivity (Wildman–Crippen MR) is 105 cm³/mol. The van der Waals surface area contributed by atoms with Gasteiger partial charge in [0.05, 0.1) is 22.9 Å². The zero-order chi connectivity index (χ0) is 19.4. The van der Waals surface area contributed by atoms with Gasteiger partial charge in [-0.25, -0.2) is 8.42 Å². The van der Waals surface area contributed by atoms with E-state index in [1.54, 1.807) is 18.2 Å². The Bertz CT molecular complexity index is 953. The lowest BCUT2D eigenvalue weighted by Crippen LogP contribution is -2.36. The second kappa shape index (κ2) is 8.10. The standard InChI is InChI=1S/C18H21N3O4S2/c1-13(22)20-12-15-6-7-17(26-15)18(23)19-9-11-27(24,25)21-10-8-14-4-2-3-5-16(14)21/h2-7H,8-12H2,1H3,(H,19,23)(H,20,22). The molecule has 1 aromatic heterocycles. The highest BCUT2D eigenvalue weighted by molar-refractivity contribution is 7.92. The van der Waals surface area contributed by atoms with Crippen molar-refractivity contribution >= 4 is 38.9 Å². The third-order valence-electron chi connectivity index (χ3n) is 4.22. The summed E-state index contributed by atoms with van der Waals surface area (Å²) in [5, 5.41) is 5.33. The number of rotatable bonds is 7. The van der Waals surface area contributed by atoms with Crippen LogP contribution in [0.5, 0.6) is 0 Å². The van der Waals surface area contributed by atoms with Crippen LogP contribution >= 0.6 is 11.3 Å². The van der Waals surface area contributed by atoms with Gasteiger partial charge in [0, 0.05) is 24.9 Å². The van der Waals surface area contributed by atoms with Crippen LogP contribution in [-0.4, -0.2) is 39.1 Å². The molecule has 0 fully saturated rings. The fourth-order valence-corrected chi connectivity index (χ4v) is 5.19. The Morgan fingerprint density at radius 3 is 2.70 bits per heavy atom. The summed E-state index contributed by atoms with van der Waals surface area (Å²) in [6.07, 6.45) is 0.702. The number of hydrogen-bond acceptors (Lipinski definition) is 5. The molecule has 0 unspecified atom stereocenters. The number of benzene rings is 1. The topological polar surface area (TPSA) is 95.6 Å². The van der Waals surface area contributed by atoms with Crippen LogP contribution in [0.3, 0.4) is 0 Å². The Kier molecular flexibility index (Phi) is 5.81. The summed E-state index contributed by atoms with van der Waals surface area (Å²) >= 11 is 1.27. The lowest BCUT2D eigenvalue weighted by atomic mass is 10.2. The minimum absolute atomic E-state index is 0.0404. The first-order valence-electron chi connectivity index (χ1n) is 8.56. The van der Waals surface area contributed by atoms with Crippen molar-refractivity contribution in [3.8, 4) is 0 Å². The summed E-state index contributed by atoms with van der Waals surface area (Å²) in [6, 6.07) is 10.9. The van der Waals surface area contributed by atoms with Gasteiger partial charge < -0.3 is 10.6 Å². The number of amides is 2. The number of carbonyl (C=O) groups excluding carboxylic acids is 2.